The second-order valence-electron chi connectivity index (χ2n) is 6.71. The van der Waals surface area contributed by atoms with Gasteiger partial charge in [0.25, 0.3) is 0 Å². The highest BCUT2D eigenvalue weighted by molar-refractivity contribution is 7.92. The molecular weight excluding hydrogens is 398 g/mol. The highest BCUT2D eigenvalue weighted by Gasteiger charge is 2.20. The first-order valence-electron chi connectivity index (χ1n) is 8.57. The Morgan fingerprint density at radius 2 is 1.86 bits per heavy atom. The maximum Gasteiger partial charge on any atom is 0.229 e. The van der Waals surface area contributed by atoms with Crippen LogP contribution in [0.3, 0.4) is 0 Å². The van der Waals surface area contributed by atoms with Crippen LogP contribution in [0.15, 0.2) is 48.7 Å². The van der Waals surface area contributed by atoms with Gasteiger partial charge in [-0.3, -0.25) is 14.5 Å². The van der Waals surface area contributed by atoms with E-state index < -0.39 is 10.0 Å². The number of aromatic amines is 1. The Morgan fingerprint density at radius 3 is 2.43 bits per heavy atom. The summed E-state index contributed by atoms with van der Waals surface area (Å²) in [7, 11) is -3.36. The first kappa shape index (κ1) is 20.1. The first-order valence-corrected chi connectivity index (χ1v) is 10.8. The lowest BCUT2D eigenvalue weighted by Crippen LogP contribution is -2.10. The molecule has 0 saturated heterocycles. The molecule has 146 valence electrons. The van der Waals surface area contributed by atoms with Crippen molar-refractivity contribution in [1.82, 2.24) is 9.97 Å². The van der Waals surface area contributed by atoms with Gasteiger partial charge >= 0.3 is 0 Å². The first-order chi connectivity index (χ1) is 13.1. The number of rotatable bonds is 6. The number of ketones is 1. The van der Waals surface area contributed by atoms with Crippen molar-refractivity contribution in [1.29, 1.82) is 0 Å². The summed E-state index contributed by atoms with van der Waals surface area (Å²) in [5.41, 5.74) is 3.82. The summed E-state index contributed by atoms with van der Waals surface area (Å²) in [6.45, 7) is 3.87. The summed E-state index contributed by atoms with van der Waals surface area (Å²) in [4.78, 5) is 20.1. The fourth-order valence-corrected chi connectivity index (χ4v) is 3.70. The van der Waals surface area contributed by atoms with Gasteiger partial charge in [-0.25, -0.2) is 8.42 Å². The summed E-state index contributed by atoms with van der Waals surface area (Å²) in [5.74, 6) is -0.347. The summed E-state index contributed by atoms with van der Waals surface area (Å²) >= 11 is 6.36. The molecule has 0 aliphatic rings. The number of anilines is 1. The van der Waals surface area contributed by atoms with Crippen LogP contribution in [0.25, 0.3) is 0 Å². The molecule has 2 N–H and O–H groups in total. The normalized spacial score (nSPS) is 12.6. The van der Waals surface area contributed by atoms with Gasteiger partial charge < -0.3 is 4.98 Å². The van der Waals surface area contributed by atoms with Crippen molar-refractivity contribution < 1.29 is 13.2 Å². The van der Waals surface area contributed by atoms with Crippen LogP contribution in [0.5, 0.6) is 0 Å². The van der Waals surface area contributed by atoms with E-state index in [1.54, 1.807) is 30.3 Å². The summed E-state index contributed by atoms with van der Waals surface area (Å²) < 4.78 is 25.0. The molecule has 1 atom stereocenters. The predicted octanol–water partition coefficient (Wildman–Crippen LogP) is 4.13. The zero-order chi connectivity index (χ0) is 20.5. The van der Waals surface area contributed by atoms with Crippen LogP contribution in [0.4, 0.5) is 5.69 Å². The number of aryl methyl sites for hydroxylation is 1. The Morgan fingerprint density at radius 1 is 1.18 bits per heavy atom. The van der Waals surface area contributed by atoms with E-state index in [1.165, 1.54) is 6.20 Å². The quantitative estimate of drug-likeness (QED) is 0.590. The molecule has 28 heavy (non-hydrogen) atoms. The monoisotopic (exact) mass is 417 g/mol. The van der Waals surface area contributed by atoms with Crippen LogP contribution < -0.4 is 4.72 Å². The minimum atomic E-state index is -3.36. The van der Waals surface area contributed by atoms with Crippen molar-refractivity contribution in [2.24, 2.45) is 0 Å². The summed E-state index contributed by atoms with van der Waals surface area (Å²) in [6, 6.07) is 12.3. The molecule has 0 radical (unpaired) electrons. The van der Waals surface area contributed by atoms with Crippen LogP contribution in [-0.4, -0.2) is 30.4 Å². The van der Waals surface area contributed by atoms with Crippen LogP contribution >= 0.6 is 11.6 Å². The molecule has 0 amide bonds. The van der Waals surface area contributed by atoms with Gasteiger partial charge in [0.1, 0.15) is 0 Å². The number of H-pyrrole nitrogens is 1. The number of carbonyl (C=O) groups excluding carboxylic acids is 1. The highest BCUT2D eigenvalue weighted by atomic mass is 35.5. The molecule has 6 nitrogen and oxygen atoms in total. The molecule has 1 aromatic carbocycles. The van der Waals surface area contributed by atoms with Crippen molar-refractivity contribution >= 4 is 33.1 Å². The van der Waals surface area contributed by atoms with Crippen molar-refractivity contribution in [3.8, 4) is 0 Å². The summed E-state index contributed by atoms with van der Waals surface area (Å²) in [5, 5.41) is 0.447. The van der Waals surface area contributed by atoms with Gasteiger partial charge in [0.15, 0.2) is 0 Å². The second-order valence-corrected chi connectivity index (χ2v) is 8.86. The highest BCUT2D eigenvalue weighted by Crippen LogP contribution is 2.30. The number of nitrogens with zero attached hydrogens (tertiary/aromatic N) is 1. The molecule has 8 heteroatoms. The van der Waals surface area contributed by atoms with E-state index in [-0.39, 0.29) is 11.7 Å². The average Bonchev–Trinajstić information content (AvgIpc) is 3.02. The number of carbonyl (C=O) groups is 1. The number of aromatic nitrogens is 2. The fraction of sp³-hybridized carbons (Fsp3) is 0.200. The lowest BCUT2D eigenvalue weighted by Gasteiger charge is -2.11. The number of halogens is 1. The zero-order valence-electron chi connectivity index (χ0n) is 15.7. The topological polar surface area (TPSA) is 91.9 Å². The number of sulfonamides is 1. The molecule has 2 heterocycles. The third-order valence-corrected chi connectivity index (χ3v) is 5.24. The Bertz CT molecular complexity index is 1100. The Labute approximate surface area is 169 Å². The van der Waals surface area contributed by atoms with Crippen molar-refractivity contribution in [2.45, 2.75) is 19.8 Å². The second kappa shape index (κ2) is 7.77. The van der Waals surface area contributed by atoms with Gasteiger partial charge in [-0.1, -0.05) is 48.4 Å². The van der Waals surface area contributed by atoms with Gasteiger partial charge in [-0.05, 0) is 25.1 Å². The molecule has 3 aromatic rings. The zero-order valence-corrected chi connectivity index (χ0v) is 17.2. The molecule has 1 unspecified atom stereocenters. The maximum atomic E-state index is 12.7. The van der Waals surface area contributed by atoms with Crippen molar-refractivity contribution in [3.63, 3.8) is 0 Å². The lowest BCUT2D eigenvalue weighted by atomic mass is 10.0. The number of hydrogen-bond donors (Lipinski definition) is 2. The SMILES string of the molecule is Cc1ccc(C(=O)c2cc(Cl)c(C(C)c3ccc(NS(C)(=O)=O)cn3)[nH]2)cc1. The Hall–Kier alpha value is -2.64. The van der Waals surface area contributed by atoms with Crippen LogP contribution in [0.1, 0.15) is 45.8 Å². The number of hydrogen-bond acceptors (Lipinski definition) is 4. The largest absolute Gasteiger partial charge is 0.354 e. The van der Waals surface area contributed by atoms with Crippen LogP contribution in [0.2, 0.25) is 5.02 Å². The number of benzene rings is 1. The van der Waals surface area contributed by atoms with Crippen molar-refractivity contribution in [2.75, 3.05) is 11.0 Å². The van der Waals surface area contributed by atoms with E-state index in [2.05, 4.69) is 14.7 Å². The smallest absolute Gasteiger partial charge is 0.229 e. The standard InChI is InChI=1S/C20H20ClN3O3S/c1-12-4-6-14(7-5-12)20(25)18-10-16(21)19(23-18)13(2)17-9-8-15(11-22-17)24-28(3,26)27/h4-11,13,23-24H,1-3H3. The third-order valence-electron chi connectivity index (χ3n) is 4.32. The van der Waals surface area contributed by atoms with Gasteiger partial charge in [0, 0.05) is 22.9 Å². The van der Waals surface area contributed by atoms with Crippen molar-refractivity contribution in [3.05, 3.63) is 81.9 Å². The molecular formula is C20H20ClN3O3S. The molecule has 0 aliphatic carbocycles. The van der Waals surface area contributed by atoms with Gasteiger partial charge in [-0.15, -0.1) is 0 Å². The Kier molecular flexibility index (Phi) is 5.58. The molecule has 0 bridgehead atoms. The molecule has 0 spiro atoms. The minimum Gasteiger partial charge on any atom is -0.354 e. The van der Waals surface area contributed by atoms with Gasteiger partial charge in [0.05, 0.1) is 28.9 Å². The molecule has 0 fully saturated rings. The van der Waals surface area contributed by atoms with E-state index in [0.29, 0.717) is 33.4 Å². The molecule has 2 aromatic heterocycles. The Balaban J connectivity index is 1.84. The van der Waals surface area contributed by atoms with E-state index in [4.69, 9.17) is 11.6 Å². The number of nitrogens with one attached hydrogen (secondary N) is 2. The third kappa shape index (κ3) is 4.61. The molecule has 3 rings (SSSR count). The van der Waals surface area contributed by atoms with Gasteiger partial charge in [0.2, 0.25) is 15.8 Å². The molecule has 0 aliphatic heterocycles. The van der Waals surface area contributed by atoms with E-state index in [9.17, 15) is 13.2 Å². The van der Waals surface area contributed by atoms with Gasteiger partial charge in [-0.2, -0.15) is 0 Å². The van der Waals surface area contributed by atoms with Crippen LogP contribution in [-0.2, 0) is 10.0 Å². The fourth-order valence-electron chi connectivity index (χ4n) is 2.83. The van der Waals surface area contributed by atoms with E-state index in [0.717, 1.165) is 11.8 Å². The minimum absolute atomic E-state index is 0.138. The van der Waals surface area contributed by atoms with E-state index in [1.807, 2.05) is 26.0 Å². The number of pyridine rings is 1. The average molecular weight is 418 g/mol. The molecule has 0 saturated carbocycles. The summed E-state index contributed by atoms with van der Waals surface area (Å²) in [6.07, 6.45) is 2.52. The predicted molar refractivity (Wildman–Crippen MR) is 111 cm³/mol. The lowest BCUT2D eigenvalue weighted by molar-refractivity contribution is 0.103. The van der Waals surface area contributed by atoms with E-state index >= 15 is 0 Å². The van der Waals surface area contributed by atoms with Crippen LogP contribution in [0, 0.1) is 6.92 Å². The maximum absolute atomic E-state index is 12.7.